The summed E-state index contributed by atoms with van der Waals surface area (Å²) in [6.45, 7) is 1.61. The lowest BCUT2D eigenvalue weighted by Gasteiger charge is -2.14. The van der Waals surface area contributed by atoms with Crippen molar-refractivity contribution in [3.8, 4) is 11.5 Å². The molecule has 0 aromatic heterocycles. The SMILES string of the molecule is CCOc1cc(/C=C2/SC(=S)N(c3ccccc3)C2=O)ccc1OCC(=O)[O-]. The van der Waals surface area contributed by atoms with Gasteiger partial charge in [0.2, 0.25) is 0 Å². The number of carboxylic acid groups (broad SMARTS) is 1. The molecule has 1 heterocycles. The fourth-order valence-corrected chi connectivity index (χ4v) is 3.86. The Hall–Kier alpha value is -2.84. The zero-order chi connectivity index (χ0) is 20.1. The Balaban J connectivity index is 1.86. The van der Waals surface area contributed by atoms with E-state index >= 15 is 0 Å². The largest absolute Gasteiger partial charge is 0.546 e. The summed E-state index contributed by atoms with van der Waals surface area (Å²) in [4.78, 5) is 25.4. The van der Waals surface area contributed by atoms with E-state index in [0.717, 1.165) is 5.69 Å². The summed E-state index contributed by atoms with van der Waals surface area (Å²) in [5.41, 5.74) is 1.42. The van der Waals surface area contributed by atoms with Crippen molar-refractivity contribution >= 4 is 51.9 Å². The van der Waals surface area contributed by atoms with Gasteiger partial charge >= 0.3 is 0 Å². The smallest absolute Gasteiger partial charge is 0.270 e. The number of rotatable bonds is 7. The third-order valence-electron chi connectivity index (χ3n) is 3.72. The van der Waals surface area contributed by atoms with Crippen molar-refractivity contribution in [2.75, 3.05) is 18.1 Å². The second-order valence-corrected chi connectivity index (χ2v) is 7.33. The third kappa shape index (κ3) is 4.52. The predicted octanol–water partition coefficient (Wildman–Crippen LogP) is 2.62. The lowest BCUT2D eigenvalue weighted by atomic mass is 10.1. The number of ether oxygens (including phenoxy) is 2. The van der Waals surface area contributed by atoms with Gasteiger partial charge in [-0.1, -0.05) is 48.2 Å². The molecule has 0 saturated carbocycles. The molecule has 0 atom stereocenters. The van der Waals surface area contributed by atoms with Gasteiger partial charge in [-0.05, 0) is 42.8 Å². The lowest BCUT2D eigenvalue weighted by molar-refractivity contribution is -0.307. The number of hydrogen-bond donors (Lipinski definition) is 0. The van der Waals surface area contributed by atoms with Crippen molar-refractivity contribution in [1.29, 1.82) is 0 Å². The molecule has 8 heteroatoms. The van der Waals surface area contributed by atoms with Crippen LogP contribution in [-0.2, 0) is 9.59 Å². The number of carbonyl (C=O) groups excluding carboxylic acids is 2. The number of carbonyl (C=O) groups is 2. The Morgan fingerprint density at radius 3 is 2.61 bits per heavy atom. The minimum Gasteiger partial charge on any atom is -0.546 e. The fourth-order valence-electron chi connectivity index (χ4n) is 2.56. The number of para-hydroxylation sites is 1. The molecule has 6 nitrogen and oxygen atoms in total. The van der Waals surface area contributed by atoms with Crippen LogP contribution < -0.4 is 19.5 Å². The summed E-state index contributed by atoms with van der Waals surface area (Å²) in [6, 6.07) is 14.2. The Morgan fingerprint density at radius 1 is 1.18 bits per heavy atom. The molecule has 0 aliphatic carbocycles. The van der Waals surface area contributed by atoms with Gasteiger partial charge in [0.1, 0.15) is 6.61 Å². The van der Waals surface area contributed by atoms with Crippen LogP contribution in [0.2, 0.25) is 0 Å². The number of carboxylic acids is 1. The van der Waals surface area contributed by atoms with Crippen LogP contribution in [0.1, 0.15) is 12.5 Å². The second kappa shape index (κ2) is 8.90. The Bertz CT molecular complexity index is 943. The van der Waals surface area contributed by atoms with Crippen LogP contribution in [0, 0.1) is 0 Å². The molecular weight excluding hydrogens is 398 g/mol. The highest BCUT2D eigenvalue weighted by Crippen LogP contribution is 2.37. The number of benzene rings is 2. The quantitative estimate of drug-likeness (QED) is 0.509. The number of hydrogen-bond acceptors (Lipinski definition) is 7. The van der Waals surface area contributed by atoms with Crippen molar-refractivity contribution in [3.05, 3.63) is 59.0 Å². The van der Waals surface area contributed by atoms with E-state index in [1.807, 2.05) is 30.3 Å². The molecular formula is C20H16NO5S2-. The van der Waals surface area contributed by atoms with E-state index in [0.29, 0.717) is 32.9 Å². The molecule has 2 aromatic rings. The van der Waals surface area contributed by atoms with E-state index in [-0.39, 0.29) is 5.91 Å². The number of nitrogens with zero attached hydrogens (tertiary/aromatic N) is 1. The molecule has 2 aromatic carbocycles. The molecule has 1 amide bonds. The van der Waals surface area contributed by atoms with Gasteiger partial charge in [0.05, 0.1) is 23.2 Å². The zero-order valence-corrected chi connectivity index (χ0v) is 16.5. The Labute approximate surface area is 171 Å². The van der Waals surface area contributed by atoms with Gasteiger partial charge in [0.15, 0.2) is 15.8 Å². The minimum absolute atomic E-state index is 0.198. The minimum atomic E-state index is -1.32. The number of thioether (sulfide) groups is 1. The maximum Gasteiger partial charge on any atom is 0.270 e. The van der Waals surface area contributed by atoms with Crippen LogP contribution in [0.5, 0.6) is 11.5 Å². The van der Waals surface area contributed by atoms with Crippen LogP contribution >= 0.6 is 24.0 Å². The number of aliphatic carboxylic acids is 1. The molecule has 3 rings (SSSR count). The topological polar surface area (TPSA) is 78.9 Å². The Kier molecular flexibility index (Phi) is 6.33. The first-order chi connectivity index (χ1) is 13.5. The molecule has 0 unspecified atom stereocenters. The summed E-state index contributed by atoms with van der Waals surface area (Å²) in [5.74, 6) is -0.844. The van der Waals surface area contributed by atoms with Gasteiger partial charge in [0.25, 0.3) is 5.91 Å². The first kappa shape index (κ1) is 19.9. The number of amides is 1. The van der Waals surface area contributed by atoms with E-state index in [2.05, 4.69) is 0 Å². The first-order valence-electron chi connectivity index (χ1n) is 8.42. The fraction of sp³-hybridized carbons (Fsp3) is 0.150. The summed E-state index contributed by atoms with van der Waals surface area (Å²) in [6.07, 6.45) is 1.72. The lowest BCUT2D eigenvalue weighted by Crippen LogP contribution is -2.29. The van der Waals surface area contributed by atoms with Crippen molar-refractivity contribution in [3.63, 3.8) is 0 Å². The molecule has 0 radical (unpaired) electrons. The third-order valence-corrected chi connectivity index (χ3v) is 5.02. The summed E-state index contributed by atoms with van der Waals surface area (Å²) in [7, 11) is 0. The molecule has 1 fully saturated rings. The summed E-state index contributed by atoms with van der Waals surface area (Å²) < 4.78 is 11.2. The van der Waals surface area contributed by atoms with Gasteiger partial charge in [-0.3, -0.25) is 9.69 Å². The number of thiocarbonyl (C=S) groups is 1. The van der Waals surface area contributed by atoms with Crippen molar-refractivity contribution < 1.29 is 24.2 Å². The molecule has 0 bridgehead atoms. The highest BCUT2D eigenvalue weighted by molar-refractivity contribution is 8.27. The van der Waals surface area contributed by atoms with Gasteiger partial charge in [-0.15, -0.1) is 0 Å². The summed E-state index contributed by atoms with van der Waals surface area (Å²) in [5, 5.41) is 10.6. The monoisotopic (exact) mass is 414 g/mol. The van der Waals surface area contributed by atoms with Gasteiger partial charge in [-0.25, -0.2) is 0 Å². The highest BCUT2D eigenvalue weighted by atomic mass is 32.2. The van der Waals surface area contributed by atoms with E-state index in [1.165, 1.54) is 16.7 Å². The molecule has 1 saturated heterocycles. The molecule has 28 heavy (non-hydrogen) atoms. The van der Waals surface area contributed by atoms with Gasteiger partial charge in [0, 0.05) is 0 Å². The maximum absolute atomic E-state index is 12.8. The van der Waals surface area contributed by atoms with Gasteiger partial charge in [-0.2, -0.15) is 0 Å². The van der Waals surface area contributed by atoms with Crippen LogP contribution in [0.15, 0.2) is 53.4 Å². The van der Waals surface area contributed by atoms with Crippen molar-refractivity contribution in [2.24, 2.45) is 0 Å². The molecule has 0 N–H and O–H groups in total. The van der Waals surface area contributed by atoms with Crippen LogP contribution in [0.25, 0.3) is 6.08 Å². The predicted molar refractivity (Wildman–Crippen MR) is 110 cm³/mol. The van der Waals surface area contributed by atoms with Gasteiger partial charge < -0.3 is 19.4 Å². The molecule has 1 aliphatic heterocycles. The average molecular weight is 414 g/mol. The second-order valence-electron chi connectivity index (χ2n) is 5.65. The van der Waals surface area contributed by atoms with Crippen LogP contribution in [0.4, 0.5) is 5.69 Å². The Morgan fingerprint density at radius 2 is 1.93 bits per heavy atom. The van der Waals surface area contributed by atoms with E-state index in [1.54, 1.807) is 31.2 Å². The normalized spacial score (nSPS) is 15.2. The van der Waals surface area contributed by atoms with Crippen molar-refractivity contribution in [1.82, 2.24) is 0 Å². The standard InChI is InChI=1S/C20H17NO5S2/c1-2-25-16-10-13(8-9-15(16)26-12-18(22)23)11-17-19(24)21(20(27)28-17)14-6-4-3-5-7-14/h3-11H,2,12H2,1H3,(H,22,23)/p-1/b17-11+. The molecule has 144 valence electrons. The van der Waals surface area contributed by atoms with E-state index in [4.69, 9.17) is 21.7 Å². The maximum atomic E-state index is 12.8. The summed E-state index contributed by atoms with van der Waals surface area (Å²) >= 11 is 6.58. The van der Waals surface area contributed by atoms with E-state index in [9.17, 15) is 14.7 Å². The molecule has 1 aliphatic rings. The van der Waals surface area contributed by atoms with Crippen LogP contribution in [0.3, 0.4) is 0 Å². The average Bonchev–Trinajstić information content (AvgIpc) is 2.95. The van der Waals surface area contributed by atoms with Crippen molar-refractivity contribution in [2.45, 2.75) is 6.92 Å². The molecule has 0 spiro atoms. The number of anilines is 1. The zero-order valence-electron chi connectivity index (χ0n) is 14.9. The highest BCUT2D eigenvalue weighted by Gasteiger charge is 2.33. The van der Waals surface area contributed by atoms with E-state index < -0.39 is 12.6 Å². The van der Waals surface area contributed by atoms with Crippen LogP contribution in [-0.4, -0.2) is 29.4 Å². The first-order valence-corrected chi connectivity index (χ1v) is 9.64.